The standard InChI is InChI=1S/C23H27FN4O3S/c1-23(2,3)20-9-8-19(31-20)14-5-4-13(10-14)18-11-21(27-26-18)25-17-7-6-16-15(22(17)24)12-32(29,30)28-16/h6-9,11,13-14,28H,4-5,10,12H2,1-3H3,(H2,25,26,27). The van der Waals surface area contributed by atoms with E-state index in [0.717, 1.165) is 36.5 Å². The molecule has 1 aliphatic heterocycles. The lowest BCUT2D eigenvalue weighted by Gasteiger charge is -2.15. The van der Waals surface area contributed by atoms with Crippen LogP contribution in [0.2, 0.25) is 0 Å². The highest BCUT2D eigenvalue weighted by Crippen LogP contribution is 2.44. The second kappa shape index (κ2) is 7.37. The van der Waals surface area contributed by atoms with Crippen molar-refractivity contribution in [1.29, 1.82) is 0 Å². The van der Waals surface area contributed by atoms with Gasteiger partial charge in [-0.3, -0.25) is 9.82 Å². The average Bonchev–Trinajstić information content (AvgIpc) is 3.47. The summed E-state index contributed by atoms with van der Waals surface area (Å²) in [6.45, 7) is 6.43. The molecule has 5 rings (SSSR count). The molecule has 7 nitrogen and oxygen atoms in total. The smallest absolute Gasteiger partial charge is 0.237 e. The fourth-order valence-electron chi connectivity index (χ4n) is 4.59. The predicted molar refractivity (Wildman–Crippen MR) is 121 cm³/mol. The zero-order valence-corrected chi connectivity index (χ0v) is 19.1. The fourth-order valence-corrected chi connectivity index (χ4v) is 5.85. The van der Waals surface area contributed by atoms with Crippen LogP contribution in [-0.2, 0) is 21.2 Å². The zero-order chi connectivity index (χ0) is 22.7. The molecule has 2 aliphatic rings. The quantitative estimate of drug-likeness (QED) is 0.480. The molecule has 2 aromatic heterocycles. The number of benzene rings is 1. The maximum absolute atomic E-state index is 14.8. The van der Waals surface area contributed by atoms with Gasteiger partial charge in [0.25, 0.3) is 0 Å². The molecule has 1 saturated carbocycles. The Hall–Kier alpha value is -2.81. The van der Waals surface area contributed by atoms with Crippen LogP contribution >= 0.6 is 0 Å². The molecule has 32 heavy (non-hydrogen) atoms. The summed E-state index contributed by atoms with van der Waals surface area (Å²) in [4.78, 5) is 0. The van der Waals surface area contributed by atoms with E-state index in [4.69, 9.17) is 4.42 Å². The second-order valence-corrected chi connectivity index (χ2v) is 11.5. The van der Waals surface area contributed by atoms with Crippen molar-refractivity contribution in [3.05, 3.63) is 58.9 Å². The third-order valence-electron chi connectivity index (χ3n) is 6.34. The molecule has 9 heteroatoms. The van der Waals surface area contributed by atoms with Crippen molar-refractivity contribution in [3.8, 4) is 0 Å². The summed E-state index contributed by atoms with van der Waals surface area (Å²) < 4.78 is 46.7. The van der Waals surface area contributed by atoms with Gasteiger partial charge in [-0.2, -0.15) is 5.10 Å². The van der Waals surface area contributed by atoms with Gasteiger partial charge in [-0.25, -0.2) is 12.8 Å². The number of fused-ring (bicyclic) bond motifs is 1. The molecule has 0 radical (unpaired) electrons. The Bertz CT molecular complexity index is 1270. The summed E-state index contributed by atoms with van der Waals surface area (Å²) in [7, 11) is -3.51. The summed E-state index contributed by atoms with van der Waals surface area (Å²) in [5, 5.41) is 10.4. The number of nitrogens with one attached hydrogen (secondary N) is 3. The van der Waals surface area contributed by atoms with Gasteiger partial charge in [0.05, 0.1) is 17.1 Å². The first-order valence-electron chi connectivity index (χ1n) is 10.8. The third-order valence-corrected chi connectivity index (χ3v) is 7.54. The Morgan fingerprint density at radius 1 is 1.16 bits per heavy atom. The number of furan rings is 1. The van der Waals surface area contributed by atoms with Crippen molar-refractivity contribution in [2.24, 2.45) is 0 Å². The van der Waals surface area contributed by atoms with Gasteiger partial charge in [-0.1, -0.05) is 20.8 Å². The Morgan fingerprint density at radius 2 is 1.94 bits per heavy atom. The SMILES string of the molecule is CC(C)(C)c1ccc(C2CCC(c3cc(Nc4ccc5c(c4F)CS(=O)(=O)N5)n[nH]3)C2)o1. The van der Waals surface area contributed by atoms with Crippen LogP contribution in [0, 0.1) is 5.82 Å². The molecule has 3 aromatic rings. The van der Waals surface area contributed by atoms with Crippen LogP contribution in [-0.4, -0.2) is 18.6 Å². The topological polar surface area (TPSA) is 100 Å². The fraction of sp³-hybridized carbons (Fsp3) is 0.435. The van der Waals surface area contributed by atoms with Crippen LogP contribution in [0.1, 0.15) is 74.6 Å². The molecule has 0 amide bonds. The highest BCUT2D eigenvalue weighted by molar-refractivity contribution is 7.92. The van der Waals surface area contributed by atoms with E-state index in [2.05, 4.69) is 53.1 Å². The van der Waals surface area contributed by atoms with Crippen molar-refractivity contribution in [2.75, 3.05) is 10.0 Å². The number of aromatic amines is 1. The van der Waals surface area contributed by atoms with Gasteiger partial charge < -0.3 is 9.73 Å². The van der Waals surface area contributed by atoms with E-state index in [1.54, 1.807) is 6.07 Å². The van der Waals surface area contributed by atoms with Crippen LogP contribution in [0.3, 0.4) is 0 Å². The van der Waals surface area contributed by atoms with Crippen molar-refractivity contribution < 1.29 is 17.2 Å². The molecular weight excluding hydrogens is 431 g/mol. The van der Waals surface area contributed by atoms with Gasteiger partial charge >= 0.3 is 0 Å². The summed E-state index contributed by atoms with van der Waals surface area (Å²) in [6.07, 6.45) is 3.04. The van der Waals surface area contributed by atoms with Gasteiger partial charge in [-0.05, 0) is 43.5 Å². The van der Waals surface area contributed by atoms with Gasteiger partial charge in [0.15, 0.2) is 11.6 Å². The lowest BCUT2D eigenvalue weighted by molar-refractivity contribution is 0.369. The van der Waals surface area contributed by atoms with E-state index in [1.165, 1.54) is 6.07 Å². The number of aromatic nitrogens is 2. The van der Waals surface area contributed by atoms with Crippen LogP contribution in [0.25, 0.3) is 0 Å². The van der Waals surface area contributed by atoms with E-state index in [0.29, 0.717) is 23.3 Å². The first kappa shape index (κ1) is 21.1. The van der Waals surface area contributed by atoms with Crippen LogP contribution in [0.5, 0.6) is 0 Å². The van der Waals surface area contributed by atoms with Crippen LogP contribution in [0.15, 0.2) is 34.7 Å². The van der Waals surface area contributed by atoms with Crippen molar-refractivity contribution in [2.45, 2.75) is 63.0 Å². The zero-order valence-electron chi connectivity index (χ0n) is 18.3. The maximum atomic E-state index is 14.8. The minimum absolute atomic E-state index is 0.00666. The average molecular weight is 459 g/mol. The van der Waals surface area contributed by atoms with Crippen molar-refractivity contribution >= 4 is 27.2 Å². The monoisotopic (exact) mass is 458 g/mol. The number of hydrogen-bond donors (Lipinski definition) is 3. The van der Waals surface area contributed by atoms with E-state index in [-0.39, 0.29) is 22.4 Å². The molecule has 0 spiro atoms. The summed E-state index contributed by atoms with van der Waals surface area (Å²) >= 11 is 0. The Balaban J connectivity index is 1.28. The largest absolute Gasteiger partial charge is 0.465 e. The Morgan fingerprint density at radius 3 is 2.69 bits per heavy atom. The number of anilines is 3. The summed E-state index contributed by atoms with van der Waals surface area (Å²) in [6, 6.07) is 9.16. The lowest BCUT2D eigenvalue weighted by Crippen LogP contribution is -2.09. The lowest BCUT2D eigenvalue weighted by atomic mass is 9.94. The van der Waals surface area contributed by atoms with Crippen LogP contribution < -0.4 is 10.0 Å². The normalized spacial score (nSPS) is 22.0. The van der Waals surface area contributed by atoms with Gasteiger partial charge in [0.1, 0.15) is 11.5 Å². The number of rotatable bonds is 4. The molecule has 0 saturated heterocycles. The van der Waals surface area contributed by atoms with Gasteiger partial charge in [-0.15, -0.1) is 0 Å². The molecular formula is C23H27FN4O3S. The predicted octanol–water partition coefficient (Wildman–Crippen LogP) is 5.49. The molecule has 3 heterocycles. The highest BCUT2D eigenvalue weighted by Gasteiger charge is 2.32. The third kappa shape index (κ3) is 3.90. The van der Waals surface area contributed by atoms with E-state index in [9.17, 15) is 12.8 Å². The molecule has 2 unspecified atom stereocenters. The number of halogens is 1. The van der Waals surface area contributed by atoms with E-state index in [1.807, 2.05) is 6.07 Å². The highest BCUT2D eigenvalue weighted by atomic mass is 32.2. The number of hydrogen-bond acceptors (Lipinski definition) is 5. The number of sulfonamides is 1. The van der Waals surface area contributed by atoms with E-state index < -0.39 is 15.8 Å². The van der Waals surface area contributed by atoms with Crippen molar-refractivity contribution in [1.82, 2.24) is 10.2 Å². The molecule has 2 atom stereocenters. The molecule has 1 fully saturated rings. The molecule has 1 aliphatic carbocycles. The van der Waals surface area contributed by atoms with Gasteiger partial charge in [0.2, 0.25) is 10.0 Å². The summed E-state index contributed by atoms with van der Waals surface area (Å²) in [5.41, 5.74) is 1.64. The maximum Gasteiger partial charge on any atom is 0.237 e. The van der Waals surface area contributed by atoms with Gasteiger partial charge in [0, 0.05) is 34.6 Å². The Kier molecular flexibility index (Phi) is 4.85. The molecule has 3 N–H and O–H groups in total. The number of nitrogens with zero attached hydrogens (tertiary/aromatic N) is 1. The first-order valence-corrected chi connectivity index (χ1v) is 12.5. The van der Waals surface area contributed by atoms with Crippen molar-refractivity contribution in [3.63, 3.8) is 0 Å². The second-order valence-electron chi connectivity index (χ2n) is 9.81. The minimum atomic E-state index is -3.51. The molecule has 1 aromatic carbocycles. The number of H-pyrrole nitrogens is 1. The summed E-state index contributed by atoms with van der Waals surface area (Å²) in [5.74, 6) is 2.31. The first-order chi connectivity index (χ1) is 15.1. The Labute approximate surface area is 186 Å². The van der Waals surface area contributed by atoms with E-state index >= 15 is 0 Å². The molecule has 0 bridgehead atoms. The van der Waals surface area contributed by atoms with Crippen LogP contribution in [0.4, 0.5) is 21.6 Å². The molecule has 170 valence electrons. The minimum Gasteiger partial charge on any atom is -0.465 e.